The van der Waals surface area contributed by atoms with E-state index < -0.39 is 11.7 Å². The molecule has 1 aromatic rings. The van der Waals surface area contributed by atoms with Crippen LogP contribution in [0.15, 0.2) is 18.2 Å². The number of nitrogens with two attached hydrogens (primary N) is 1. The smallest absolute Gasteiger partial charge is 0.314 e. The van der Waals surface area contributed by atoms with Gasteiger partial charge in [-0.1, -0.05) is 11.6 Å². The van der Waals surface area contributed by atoms with Crippen LogP contribution in [0.25, 0.3) is 0 Å². The van der Waals surface area contributed by atoms with E-state index in [1.807, 2.05) is 0 Å². The Morgan fingerprint density at radius 2 is 1.93 bits per heavy atom. The third-order valence-corrected chi connectivity index (χ3v) is 1.88. The maximum Gasteiger partial charge on any atom is 0.418 e. The number of halogens is 4. The van der Waals surface area contributed by atoms with Crippen molar-refractivity contribution in [2.45, 2.75) is 6.18 Å². The van der Waals surface area contributed by atoms with Crippen molar-refractivity contribution in [3.63, 3.8) is 0 Å². The molecule has 1 rings (SSSR count). The molecule has 0 aliphatic heterocycles. The zero-order chi connectivity index (χ0) is 10.9. The number of hydrazine groups is 1. The highest BCUT2D eigenvalue weighted by Gasteiger charge is 2.34. The fourth-order valence-corrected chi connectivity index (χ4v) is 1.21. The third kappa shape index (κ3) is 2.30. The Labute approximate surface area is 84.0 Å². The Balaban J connectivity index is 3.30. The third-order valence-electron chi connectivity index (χ3n) is 1.64. The van der Waals surface area contributed by atoms with Gasteiger partial charge in [0.05, 0.1) is 11.3 Å². The van der Waals surface area contributed by atoms with Crippen LogP contribution in [0.3, 0.4) is 0 Å². The lowest BCUT2D eigenvalue weighted by atomic mass is 10.1. The molecule has 78 valence electrons. The van der Waals surface area contributed by atoms with Crippen LogP contribution < -0.4 is 10.9 Å². The maximum absolute atomic E-state index is 12.4. The molecule has 2 nitrogen and oxygen atoms in total. The molecule has 0 radical (unpaired) electrons. The van der Waals surface area contributed by atoms with Crippen molar-refractivity contribution in [1.29, 1.82) is 0 Å². The van der Waals surface area contributed by atoms with Crippen LogP contribution in [0.5, 0.6) is 0 Å². The first-order chi connectivity index (χ1) is 6.32. The van der Waals surface area contributed by atoms with E-state index in [0.29, 0.717) is 0 Å². The van der Waals surface area contributed by atoms with E-state index in [4.69, 9.17) is 17.4 Å². The fraction of sp³-hybridized carbons (Fsp3) is 0.250. The summed E-state index contributed by atoms with van der Waals surface area (Å²) in [4.78, 5) is 0. The van der Waals surface area contributed by atoms with Gasteiger partial charge in [0.15, 0.2) is 0 Å². The number of hydrogen-bond acceptors (Lipinski definition) is 2. The van der Waals surface area contributed by atoms with Crippen LogP contribution in [0.4, 0.5) is 18.9 Å². The van der Waals surface area contributed by atoms with E-state index in [9.17, 15) is 13.2 Å². The standard InChI is InChI=1S/C8H8ClF3N2/c1-14(13)7-3-2-5(9)4-6(7)8(10,11)12/h2-4H,13H2,1H3. The average Bonchev–Trinajstić information content (AvgIpc) is 2.01. The van der Waals surface area contributed by atoms with Crippen molar-refractivity contribution in [2.24, 2.45) is 5.84 Å². The zero-order valence-corrected chi connectivity index (χ0v) is 8.02. The second kappa shape index (κ2) is 3.67. The molecular formula is C8H8ClF3N2. The average molecular weight is 225 g/mol. The molecule has 0 atom stereocenters. The monoisotopic (exact) mass is 224 g/mol. The molecule has 0 bridgehead atoms. The van der Waals surface area contributed by atoms with Crippen LogP contribution in [-0.2, 0) is 6.18 Å². The Morgan fingerprint density at radius 3 is 2.36 bits per heavy atom. The number of hydrogen-bond donors (Lipinski definition) is 1. The van der Waals surface area contributed by atoms with Gasteiger partial charge in [-0.05, 0) is 18.2 Å². The van der Waals surface area contributed by atoms with Gasteiger partial charge in [0, 0.05) is 12.1 Å². The Bertz CT molecular complexity index is 336. The maximum atomic E-state index is 12.4. The number of nitrogens with zero attached hydrogens (tertiary/aromatic N) is 1. The highest BCUT2D eigenvalue weighted by atomic mass is 35.5. The lowest BCUT2D eigenvalue weighted by molar-refractivity contribution is -0.137. The molecule has 0 aromatic heterocycles. The zero-order valence-electron chi connectivity index (χ0n) is 7.27. The van der Waals surface area contributed by atoms with Crippen molar-refractivity contribution >= 4 is 17.3 Å². The second-order valence-electron chi connectivity index (χ2n) is 2.77. The largest absolute Gasteiger partial charge is 0.418 e. The van der Waals surface area contributed by atoms with Crippen LogP contribution in [0.2, 0.25) is 5.02 Å². The minimum absolute atomic E-state index is 0.0305. The molecule has 6 heteroatoms. The van der Waals surface area contributed by atoms with E-state index in [0.717, 1.165) is 11.1 Å². The van der Waals surface area contributed by atoms with E-state index >= 15 is 0 Å². The van der Waals surface area contributed by atoms with Crippen LogP contribution in [-0.4, -0.2) is 7.05 Å². The van der Waals surface area contributed by atoms with Gasteiger partial charge in [-0.25, -0.2) is 5.84 Å². The summed E-state index contributed by atoms with van der Waals surface area (Å²) >= 11 is 5.47. The molecule has 0 saturated carbocycles. The molecule has 0 heterocycles. The normalized spacial score (nSPS) is 11.6. The van der Waals surface area contributed by atoms with Gasteiger partial charge in [-0.3, -0.25) is 0 Å². The molecular weight excluding hydrogens is 217 g/mol. The van der Waals surface area contributed by atoms with Crippen molar-refractivity contribution in [1.82, 2.24) is 0 Å². The predicted octanol–water partition coefficient (Wildman–Crippen LogP) is 2.67. The van der Waals surface area contributed by atoms with E-state index in [2.05, 4.69) is 0 Å². The summed E-state index contributed by atoms with van der Waals surface area (Å²) in [5.74, 6) is 5.25. The SMILES string of the molecule is CN(N)c1ccc(Cl)cc1C(F)(F)F. The van der Waals surface area contributed by atoms with E-state index in [1.165, 1.54) is 19.2 Å². The minimum atomic E-state index is -4.45. The van der Waals surface area contributed by atoms with Crippen molar-refractivity contribution < 1.29 is 13.2 Å². The molecule has 0 amide bonds. The van der Waals surface area contributed by atoms with Crippen molar-refractivity contribution in [3.8, 4) is 0 Å². The van der Waals surface area contributed by atoms with Gasteiger partial charge in [0.2, 0.25) is 0 Å². The summed E-state index contributed by atoms with van der Waals surface area (Å²) in [6.07, 6.45) is -4.45. The molecule has 0 aliphatic carbocycles. The lowest BCUT2D eigenvalue weighted by Crippen LogP contribution is -2.27. The fourth-order valence-electron chi connectivity index (χ4n) is 1.04. The van der Waals surface area contributed by atoms with Gasteiger partial charge < -0.3 is 5.01 Å². The molecule has 2 N–H and O–H groups in total. The second-order valence-corrected chi connectivity index (χ2v) is 3.21. The molecule has 0 aliphatic rings. The van der Waals surface area contributed by atoms with Gasteiger partial charge in [0.25, 0.3) is 0 Å². The van der Waals surface area contributed by atoms with Gasteiger partial charge in [0.1, 0.15) is 0 Å². The number of rotatable bonds is 1. The highest BCUT2D eigenvalue weighted by molar-refractivity contribution is 6.30. The first-order valence-corrected chi connectivity index (χ1v) is 4.05. The first kappa shape index (κ1) is 11.1. The molecule has 14 heavy (non-hydrogen) atoms. The topological polar surface area (TPSA) is 29.3 Å². The van der Waals surface area contributed by atoms with E-state index in [1.54, 1.807) is 0 Å². The van der Waals surface area contributed by atoms with Gasteiger partial charge >= 0.3 is 6.18 Å². The summed E-state index contributed by atoms with van der Waals surface area (Å²) in [5, 5.41) is 0.932. The Hall–Kier alpha value is -0.940. The van der Waals surface area contributed by atoms with Gasteiger partial charge in [-0.2, -0.15) is 13.2 Å². The minimum Gasteiger partial charge on any atom is -0.314 e. The van der Waals surface area contributed by atoms with Crippen molar-refractivity contribution in [2.75, 3.05) is 12.1 Å². The Morgan fingerprint density at radius 1 is 1.36 bits per heavy atom. The molecule has 0 unspecified atom stereocenters. The predicted molar refractivity (Wildman–Crippen MR) is 49.0 cm³/mol. The first-order valence-electron chi connectivity index (χ1n) is 3.67. The van der Waals surface area contributed by atoms with Crippen molar-refractivity contribution in [3.05, 3.63) is 28.8 Å². The quantitative estimate of drug-likeness (QED) is 0.587. The number of anilines is 1. The Kier molecular flexibility index (Phi) is 2.92. The summed E-state index contributed by atoms with van der Waals surface area (Å²) < 4.78 is 37.3. The van der Waals surface area contributed by atoms with Gasteiger partial charge in [-0.15, -0.1) is 0 Å². The summed E-state index contributed by atoms with van der Waals surface area (Å²) in [6.45, 7) is 0. The lowest BCUT2D eigenvalue weighted by Gasteiger charge is -2.18. The molecule has 0 spiro atoms. The molecule has 1 aromatic carbocycles. The molecule has 0 saturated heterocycles. The summed E-state index contributed by atoms with van der Waals surface area (Å²) in [7, 11) is 1.33. The van der Waals surface area contributed by atoms with Crippen LogP contribution in [0, 0.1) is 0 Å². The molecule has 0 fully saturated rings. The van der Waals surface area contributed by atoms with Crippen LogP contribution in [0.1, 0.15) is 5.56 Å². The highest BCUT2D eigenvalue weighted by Crippen LogP contribution is 2.37. The summed E-state index contributed by atoms with van der Waals surface area (Å²) in [6, 6.07) is 3.43. The number of alkyl halides is 3. The number of benzene rings is 1. The van der Waals surface area contributed by atoms with E-state index in [-0.39, 0.29) is 10.7 Å². The summed E-state index contributed by atoms with van der Waals surface area (Å²) in [5.41, 5.74) is -0.947. The van der Waals surface area contributed by atoms with Crippen LogP contribution >= 0.6 is 11.6 Å².